The van der Waals surface area contributed by atoms with E-state index in [2.05, 4.69) is 10.3 Å². The van der Waals surface area contributed by atoms with E-state index >= 15 is 0 Å². The number of amides is 1. The Morgan fingerprint density at radius 1 is 1.00 bits per heavy atom. The molecular formula is C16H12ClNO3. The third-order valence-corrected chi connectivity index (χ3v) is 2.80. The number of halogens is 1. The van der Waals surface area contributed by atoms with Crippen LogP contribution in [0, 0.1) is 0 Å². The van der Waals surface area contributed by atoms with Gasteiger partial charge in [0.1, 0.15) is 0 Å². The van der Waals surface area contributed by atoms with Crippen LogP contribution in [0.15, 0.2) is 60.7 Å². The summed E-state index contributed by atoms with van der Waals surface area (Å²) in [6.45, 7) is 0. The second kappa shape index (κ2) is 7.26. The highest BCUT2D eigenvalue weighted by Gasteiger charge is 2.07. The average Bonchev–Trinajstić information content (AvgIpc) is 2.53. The Labute approximate surface area is 127 Å². The van der Waals surface area contributed by atoms with Gasteiger partial charge in [-0.2, -0.15) is 5.48 Å². The Kier molecular flexibility index (Phi) is 5.12. The Hall–Kier alpha value is -2.59. The van der Waals surface area contributed by atoms with E-state index in [1.165, 1.54) is 6.08 Å². The zero-order valence-electron chi connectivity index (χ0n) is 11.0. The van der Waals surface area contributed by atoms with Crippen molar-refractivity contribution >= 4 is 29.6 Å². The van der Waals surface area contributed by atoms with E-state index in [1.54, 1.807) is 60.7 Å². The molecule has 106 valence electrons. The largest absolute Gasteiger partial charge is 0.362 e. The molecule has 2 aromatic rings. The molecule has 0 saturated heterocycles. The topological polar surface area (TPSA) is 55.4 Å². The lowest BCUT2D eigenvalue weighted by atomic mass is 10.2. The third kappa shape index (κ3) is 4.78. The highest BCUT2D eigenvalue weighted by molar-refractivity contribution is 6.30. The van der Waals surface area contributed by atoms with Crippen LogP contribution in [0.4, 0.5) is 0 Å². The number of benzene rings is 2. The molecule has 0 aromatic heterocycles. The van der Waals surface area contributed by atoms with Crippen molar-refractivity contribution in [2.45, 2.75) is 0 Å². The van der Waals surface area contributed by atoms with Gasteiger partial charge in [0.25, 0.3) is 5.91 Å². The smallest absolute Gasteiger partial charge is 0.335 e. The van der Waals surface area contributed by atoms with Crippen molar-refractivity contribution in [3.8, 4) is 0 Å². The minimum atomic E-state index is -0.621. The maximum Gasteiger partial charge on any atom is 0.362 e. The number of hydrogen-bond acceptors (Lipinski definition) is 3. The van der Waals surface area contributed by atoms with E-state index in [9.17, 15) is 9.59 Å². The lowest BCUT2D eigenvalue weighted by molar-refractivity contribution is -0.124. The summed E-state index contributed by atoms with van der Waals surface area (Å²) >= 11 is 5.76. The van der Waals surface area contributed by atoms with E-state index in [-0.39, 0.29) is 0 Å². The summed E-state index contributed by atoms with van der Waals surface area (Å²) in [4.78, 5) is 27.8. The summed E-state index contributed by atoms with van der Waals surface area (Å²) < 4.78 is 0. The summed E-state index contributed by atoms with van der Waals surface area (Å²) in [5.41, 5.74) is 3.23. The van der Waals surface area contributed by atoms with E-state index in [1.807, 2.05) is 0 Å². The number of hydrogen-bond donors (Lipinski definition) is 1. The summed E-state index contributed by atoms with van der Waals surface area (Å²) in [5.74, 6) is -1.15. The Balaban J connectivity index is 1.85. The van der Waals surface area contributed by atoms with Crippen molar-refractivity contribution in [3.05, 3.63) is 76.8 Å². The van der Waals surface area contributed by atoms with Gasteiger partial charge in [-0.25, -0.2) is 4.79 Å². The van der Waals surface area contributed by atoms with Crippen LogP contribution in [0.25, 0.3) is 6.08 Å². The fourth-order valence-electron chi connectivity index (χ4n) is 1.51. The van der Waals surface area contributed by atoms with Crippen LogP contribution < -0.4 is 5.48 Å². The number of nitrogens with one attached hydrogen (secondary N) is 1. The molecule has 0 fully saturated rings. The molecule has 1 N–H and O–H groups in total. The monoisotopic (exact) mass is 301 g/mol. The second-order valence-corrected chi connectivity index (χ2v) is 4.54. The molecule has 0 radical (unpaired) electrons. The van der Waals surface area contributed by atoms with Gasteiger partial charge in [0.05, 0.1) is 5.56 Å². The van der Waals surface area contributed by atoms with Crippen molar-refractivity contribution < 1.29 is 14.4 Å². The average molecular weight is 302 g/mol. The first-order valence-corrected chi connectivity index (χ1v) is 6.53. The van der Waals surface area contributed by atoms with Gasteiger partial charge in [0.15, 0.2) is 0 Å². The molecule has 1 amide bonds. The third-order valence-electron chi connectivity index (χ3n) is 2.55. The molecular weight excluding hydrogens is 290 g/mol. The van der Waals surface area contributed by atoms with E-state index < -0.39 is 11.9 Å². The molecule has 2 aromatic carbocycles. The zero-order chi connectivity index (χ0) is 15.1. The van der Waals surface area contributed by atoms with Crippen molar-refractivity contribution in [1.29, 1.82) is 0 Å². The molecule has 2 rings (SSSR count). The molecule has 0 bridgehead atoms. The minimum absolute atomic E-state index is 0.361. The van der Waals surface area contributed by atoms with E-state index in [4.69, 9.17) is 11.6 Å². The normalized spacial score (nSPS) is 10.3. The van der Waals surface area contributed by atoms with Gasteiger partial charge in [-0.15, -0.1) is 0 Å². The lowest BCUT2D eigenvalue weighted by Crippen LogP contribution is -2.25. The van der Waals surface area contributed by atoms with Crippen LogP contribution in [0.3, 0.4) is 0 Å². The highest BCUT2D eigenvalue weighted by atomic mass is 35.5. The minimum Gasteiger partial charge on any atom is -0.335 e. The maximum atomic E-state index is 11.6. The van der Waals surface area contributed by atoms with Gasteiger partial charge in [-0.05, 0) is 35.9 Å². The fraction of sp³-hybridized carbons (Fsp3) is 0. The molecule has 5 heteroatoms. The molecule has 0 aliphatic rings. The number of rotatable bonds is 3. The molecule has 0 atom stereocenters. The van der Waals surface area contributed by atoms with Crippen LogP contribution in [0.2, 0.25) is 5.02 Å². The molecule has 4 nitrogen and oxygen atoms in total. The van der Waals surface area contributed by atoms with Crippen LogP contribution in [0.5, 0.6) is 0 Å². The van der Waals surface area contributed by atoms with E-state index in [0.29, 0.717) is 10.6 Å². The van der Waals surface area contributed by atoms with Crippen LogP contribution in [-0.2, 0) is 9.63 Å². The Morgan fingerprint density at radius 2 is 1.67 bits per heavy atom. The zero-order valence-corrected chi connectivity index (χ0v) is 11.7. The van der Waals surface area contributed by atoms with E-state index in [0.717, 1.165) is 5.56 Å². The van der Waals surface area contributed by atoms with Crippen molar-refractivity contribution in [3.63, 3.8) is 0 Å². The molecule has 0 aliphatic heterocycles. The van der Waals surface area contributed by atoms with Gasteiger partial charge < -0.3 is 4.84 Å². The van der Waals surface area contributed by atoms with Gasteiger partial charge in [0.2, 0.25) is 0 Å². The van der Waals surface area contributed by atoms with Crippen LogP contribution >= 0.6 is 11.6 Å². The molecule has 0 heterocycles. The second-order valence-electron chi connectivity index (χ2n) is 4.11. The summed E-state index contributed by atoms with van der Waals surface area (Å²) in [6, 6.07) is 15.4. The van der Waals surface area contributed by atoms with Crippen molar-refractivity contribution in [2.24, 2.45) is 0 Å². The standard InChI is InChI=1S/C16H12ClNO3/c17-14-9-6-12(7-10-14)8-11-15(19)18-21-16(20)13-4-2-1-3-5-13/h1-11H,(H,18,19). The highest BCUT2D eigenvalue weighted by Crippen LogP contribution is 2.10. The molecule has 0 spiro atoms. The summed E-state index contributed by atoms with van der Waals surface area (Å²) in [7, 11) is 0. The summed E-state index contributed by atoms with van der Waals surface area (Å²) in [5, 5.41) is 0.619. The lowest BCUT2D eigenvalue weighted by Gasteiger charge is -2.03. The SMILES string of the molecule is O=C(C=Cc1ccc(Cl)cc1)NOC(=O)c1ccccc1. The first-order valence-electron chi connectivity index (χ1n) is 6.15. The quantitative estimate of drug-likeness (QED) is 0.699. The number of carbonyl (C=O) groups excluding carboxylic acids is 2. The Bertz CT molecular complexity index is 651. The van der Waals surface area contributed by atoms with Gasteiger partial charge >= 0.3 is 5.97 Å². The van der Waals surface area contributed by atoms with Gasteiger partial charge in [-0.3, -0.25) is 4.79 Å². The molecule has 0 aliphatic carbocycles. The van der Waals surface area contributed by atoms with Crippen molar-refractivity contribution in [1.82, 2.24) is 5.48 Å². The maximum absolute atomic E-state index is 11.6. The van der Waals surface area contributed by atoms with Crippen molar-refractivity contribution in [2.75, 3.05) is 0 Å². The Morgan fingerprint density at radius 3 is 2.33 bits per heavy atom. The fourth-order valence-corrected chi connectivity index (χ4v) is 1.64. The molecule has 21 heavy (non-hydrogen) atoms. The summed E-state index contributed by atoms with van der Waals surface area (Å²) in [6.07, 6.45) is 2.85. The van der Waals surface area contributed by atoms with Crippen LogP contribution in [0.1, 0.15) is 15.9 Å². The van der Waals surface area contributed by atoms with Crippen LogP contribution in [-0.4, -0.2) is 11.9 Å². The first kappa shape index (κ1) is 14.8. The predicted molar refractivity (Wildman–Crippen MR) is 80.5 cm³/mol. The molecule has 0 unspecified atom stereocenters. The van der Waals surface area contributed by atoms with Gasteiger partial charge in [-0.1, -0.05) is 41.9 Å². The number of carbonyl (C=O) groups is 2. The van der Waals surface area contributed by atoms with Gasteiger partial charge in [0, 0.05) is 11.1 Å². The first-order chi connectivity index (χ1) is 10.1. The predicted octanol–water partition coefficient (Wildman–Crippen LogP) is 3.24. The molecule has 0 saturated carbocycles. The number of hydroxylamine groups is 1.